The summed E-state index contributed by atoms with van der Waals surface area (Å²) < 4.78 is 5.19. The normalized spacial score (nSPS) is 13.1. The van der Waals surface area contributed by atoms with Gasteiger partial charge < -0.3 is 15.0 Å². The molecule has 0 bridgehead atoms. The van der Waals surface area contributed by atoms with E-state index in [9.17, 15) is 9.59 Å². The molecule has 1 N–H and O–H groups in total. The van der Waals surface area contributed by atoms with Gasteiger partial charge in [0, 0.05) is 25.2 Å². The zero-order chi connectivity index (χ0) is 17.6. The van der Waals surface area contributed by atoms with Gasteiger partial charge in [-0.05, 0) is 36.6 Å². The second kappa shape index (κ2) is 7.83. The van der Waals surface area contributed by atoms with Gasteiger partial charge in [-0.1, -0.05) is 30.3 Å². The summed E-state index contributed by atoms with van der Waals surface area (Å²) in [6, 6.07) is 15.0. The first-order valence-corrected chi connectivity index (χ1v) is 8.50. The maximum absolute atomic E-state index is 12.6. The van der Waals surface area contributed by atoms with E-state index in [0.717, 1.165) is 25.1 Å². The fraction of sp³-hybridized carbons (Fsp3) is 0.300. The van der Waals surface area contributed by atoms with Gasteiger partial charge >= 0.3 is 0 Å². The Kier molecular flexibility index (Phi) is 5.33. The standard InChI is InChI=1S/C20H22N2O3/c1-25-18-11-5-3-9-16(18)20(24)21-13-12-19(23)22-14-6-8-15-7-2-4-10-17(15)22/h2-5,7,9-11H,6,8,12-14H2,1H3,(H,21,24). The van der Waals surface area contributed by atoms with Crippen LogP contribution >= 0.6 is 0 Å². The predicted molar refractivity (Wildman–Crippen MR) is 97.1 cm³/mol. The lowest BCUT2D eigenvalue weighted by Crippen LogP contribution is -2.37. The Bertz CT molecular complexity index is 773. The molecule has 0 aliphatic carbocycles. The molecular formula is C20H22N2O3. The average molecular weight is 338 g/mol. The number of aryl methyl sites for hydroxylation is 1. The summed E-state index contributed by atoms with van der Waals surface area (Å²) >= 11 is 0. The van der Waals surface area contributed by atoms with Crippen molar-refractivity contribution < 1.29 is 14.3 Å². The first-order chi connectivity index (χ1) is 12.2. The predicted octanol–water partition coefficient (Wildman–Crippen LogP) is 2.79. The van der Waals surface area contributed by atoms with E-state index in [1.165, 1.54) is 12.7 Å². The molecule has 3 rings (SSSR count). The van der Waals surface area contributed by atoms with Gasteiger partial charge in [-0.25, -0.2) is 0 Å². The van der Waals surface area contributed by atoms with Gasteiger partial charge in [0.25, 0.3) is 5.91 Å². The van der Waals surface area contributed by atoms with Crippen LogP contribution in [0.3, 0.4) is 0 Å². The van der Waals surface area contributed by atoms with E-state index in [-0.39, 0.29) is 18.2 Å². The number of ether oxygens (including phenoxy) is 1. The van der Waals surface area contributed by atoms with Crippen molar-refractivity contribution in [2.45, 2.75) is 19.3 Å². The highest BCUT2D eigenvalue weighted by molar-refractivity contribution is 5.98. The molecule has 2 aromatic rings. The van der Waals surface area contributed by atoms with E-state index < -0.39 is 0 Å². The van der Waals surface area contributed by atoms with Crippen LogP contribution in [-0.2, 0) is 11.2 Å². The zero-order valence-corrected chi connectivity index (χ0v) is 14.3. The number of hydrogen-bond acceptors (Lipinski definition) is 3. The molecule has 0 fully saturated rings. The molecule has 1 aliphatic heterocycles. The van der Waals surface area contributed by atoms with Gasteiger partial charge in [-0.15, -0.1) is 0 Å². The second-order valence-corrected chi connectivity index (χ2v) is 5.98. The number of para-hydroxylation sites is 2. The number of rotatable bonds is 5. The van der Waals surface area contributed by atoms with Crippen molar-refractivity contribution in [3.63, 3.8) is 0 Å². The van der Waals surface area contributed by atoms with Crippen LogP contribution in [0.5, 0.6) is 5.75 Å². The molecule has 0 atom stereocenters. The third kappa shape index (κ3) is 3.82. The smallest absolute Gasteiger partial charge is 0.255 e. The van der Waals surface area contributed by atoms with E-state index in [2.05, 4.69) is 11.4 Å². The number of anilines is 1. The minimum absolute atomic E-state index is 0.0347. The van der Waals surface area contributed by atoms with Crippen LogP contribution in [-0.4, -0.2) is 32.0 Å². The number of methoxy groups -OCH3 is 1. The molecule has 0 unspecified atom stereocenters. The van der Waals surface area contributed by atoms with Gasteiger partial charge in [-0.3, -0.25) is 9.59 Å². The molecule has 0 saturated carbocycles. The Balaban J connectivity index is 1.58. The molecule has 5 heteroatoms. The maximum atomic E-state index is 12.6. The minimum Gasteiger partial charge on any atom is -0.496 e. The van der Waals surface area contributed by atoms with Crippen molar-refractivity contribution in [1.82, 2.24) is 5.32 Å². The van der Waals surface area contributed by atoms with E-state index in [1.54, 1.807) is 18.2 Å². The number of amides is 2. The highest BCUT2D eigenvalue weighted by Crippen LogP contribution is 2.27. The van der Waals surface area contributed by atoms with Gasteiger partial charge in [0.15, 0.2) is 0 Å². The summed E-state index contributed by atoms with van der Waals surface area (Å²) in [6.07, 6.45) is 2.25. The molecule has 2 amide bonds. The van der Waals surface area contributed by atoms with Crippen molar-refractivity contribution in [3.05, 3.63) is 59.7 Å². The fourth-order valence-corrected chi connectivity index (χ4v) is 3.14. The summed E-state index contributed by atoms with van der Waals surface area (Å²) in [5, 5.41) is 2.80. The third-order valence-electron chi connectivity index (χ3n) is 4.39. The number of carbonyl (C=O) groups excluding carboxylic acids is 2. The van der Waals surface area contributed by atoms with Gasteiger partial charge in [-0.2, -0.15) is 0 Å². The van der Waals surface area contributed by atoms with Crippen LogP contribution in [0.4, 0.5) is 5.69 Å². The summed E-state index contributed by atoms with van der Waals surface area (Å²) in [6.45, 7) is 1.03. The maximum Gasteiger partial charge on any atom is 0.255 e. The second-order valence-electron chi connectivity index (χ2n) is 5.98. The van der Waals surface area contributed by atoms with Crippen LogP contribution < -0.4 is 15.0 Å². The molecule has 0 saturated heterocycles. The molecule has 130 valence electrons. The van der Waals surface area contributed by atoms with E-state index >= 15 is 0 Å². The highest BCUT2D eigenvalue weighted by atomic mass is 16.5. The van der Waals surface area contributed by atoms with Crippen LogP contribution in [0, 0.1) is 0 Å². The number of benzene rings is 2. The fourth-order valence-electron chi connectivity index (χ4n) is 3.14. The highest BCUT2D eigenvalue weighted by Gasteiger charge is 2.22. The molecule has 0 aromatic heterocycles. The lowest BCUT2D eigenvalue weighted by Gasteiger charge is -2.29. The number of fused-ring (bicyclic) bond motifs is 1. The molecular weight excluding hydrogens is 316 g/mol. The molecule has 2 aromatic carbocycles. The molecule has 1 aliphatic rings. The minimum atomic E-state index is -0.232. The molecule has 1 heterocycles. The zero-order valence-electron chi connectivity index (χ0n) is 14.3. The van der Waals surface area contributed by atoms with Crippen LogP contribution in [0.25, 0.3) is 0 Å². The van der Waals surface area contributed by atoms with E-state index in [4.69, 9.17) is 4.74 Å². The third-order valence-corrected chi connectivity index (χ3v) is 4.39. The monoisotopic (exact) mass is 338 g/mol. The lowest BCUT2D eigenvalue weighted by molar-refractivity contribution is -0.118. The van der Waals surface area contributed by atoms with Crippen molar-refractivity contribution >= 4 is 17.5 Å². The van der Waals surface area contributed by atoms with Gasteiger partial charge in [0.2, 0.25) is 5.91 Å². The van der Waals surface area contributed by atoms with Crippen molar-refractivity contribution in [2.75, 3.05) is 25.1 Å². The van der Waals surface area contributed by atoms with Crippen LogP contribution in [0.2, 0.25) is 0 Å². The summed E-state index contributed by atoms with van der Waals surface area (Å²) in [7, 11) is 1.53. The number of hydrogen-bond donors (Lipinski definition) is 1. The molecule has 5 nitrogen and oxygen atoms in total. The SMILES string of the molecule is COc1ccccc1C(=O)NCCC(=O)N1CCCc2ccccc21. The quantitative estimate of drug-likeness (QED) is 0.912. The average Bonchev–Trinajstić information content (AvgIpc) is 2.67. The largest absolute Gasteiger partial charge is 0.496 e. The molecule has 25 heavy (non-hydrogen) atoms. The Labute approximate surface area is 147 Å². The first kappa shape index (κ1) is 17.0. The van der Waals surface area contributed by atoms with Crippen molar-refractivity contribution in [3.8, 4) is 5.75 Å². The first-order valence-electron chi connectivity index (χ1n) is 8.50. The van der Waals surface area contributed by atoms with Gasteiger partial charge in [0.05, 0.1) is 12.7 Å². The van der Waals surface area contributed by atoms with Crippen molar-refractivity contribution in [1.29, 1.82) is 0 Å². The molecule has 0 radical (unpaired) electrons. The van der Waals surface area contributed by atoms with Crippen molar-refractivity contribution in [2.24, 2.45) is 0 Å². The summed E-state index contributed by atoms with van der Waals surface area (Å²) in [4.78, 5) is 26.6. The Hall–Kier alpha value is -2.82. The summed E-state index contributed by atoms with van der Waals surface area (Å²) in [5.41, 5.74) is 2.68. The Morgan fingerprint density at radius 2 is 1.88 bits per heavy atom. The number of carbonyl (C=O) groups is 2. The topological polar surface area (TPSA) is 58.6 Å². The lowest BCUT2D eigenvalue weighted by atomic mass is 10.0. The Morgan fingerprint density at radius 1 is 1.12 bits per heavy atom. The van der Waals surface area contributed by atoms with E-state index in [1.807, 2.05) is 29.2 Å². The summed E-state index contributed by atoms with van der Waals surface area (Å²) in [5.74, 6) is 0.327. The Morgan fingerprint density at radius 3 is 2.72 bits per heavy atom. The van der Waals surface area contributed by atoms with Crippen LogP contribution in [0.15, 0.2) is 48.5 Å². The van der Waals surface area contributed by atoms with E-state index in [0.29, 0.717) is 17.9 Å². The van der Waals surface area contributed by atoms with Gasteiger partial charge in [0.1, 0.15) is 5.75 Å². The van der Waals surface area contributed by atoms with Crippen LogP contribution in [0.1, 0.15) is 28.8 Å². The number of nitrogens with one attached hydrogen (secondary N) is 1. The number of nitrogens with zero attached hydrogens (tertiary/aromatic N) is 1. The molecule has 0 spiro atoms.